The molecular weight excluding hydrogens is 686 g/mol. The Morgan fingerprint density at radius 2 is 1.79 bits per heavy atom. The number of carbonyl (C=O) groups excluding carboxylic acids is 3. The number of aromatic nitrogens is 2. The summed E-state index contributed by atoms with van der Waals surface area (Å²) in [7, 11) is 0.318. The summed E-state index contributed by atoms with van der Waals surface area (Å²) in [5, 5.41) is 9.22. The van der Waals surface area contributed by atoms with Crippen molar-refractivity contribution >= 4 is 37.0 Å². The van der Waals surface area contributed by atoms with Crippen molar-refractivity contribution in [2.75, 3.05) is 26.9 Å². The summed E-state index contributed by atoms with van der Waals surface area (Å²) in [5.74, 6) is -1.08. The number of amides is 3. The molecule has 0 aliphatic heterocycles. The van der Waals surface area contributed by atoms with E-state index in [1.807, 2.05) is 17.7 Å². The van der Waals surface area contributed by atoms with E-state index in [0.29, 0.717) is 56.3 Å². The van der Waals surface area contributed by atoms with Gasteiger partial charge in [0.05, 0.1) is 12.0 Å². The molecule has 1 fully saturated rings. The van der Waals surface area contributed by atoms with E-state index in [-0.39, 0.29) is 18.1 Å². The number of pyridine rings is 1. The summed E-state index contributed by atoms with van der Waals surface area (Å²) in [6.45, 7) is 15.6. The highest BCUT2D eigenvalue weighted by molar-refractivity contribution is 6.76. The number of nitrogens with zero attached hydrogens (tertiary/aromatic N) is 2. The van der Waals surface area contributed by atoms with Crippen LogP contribution in [0.4, 0.5) is 9.18 Å². The minimum absolute atomic E-state index is 0.00947. The van der Waals surface area contributed by atoms with Gasteiger partial charge in [-0.1, -0.05) is 45.0 Å². The van der Waals surface area contributed by atoms with Crippen LogP contribution in [0.1, 0.15) is 64.0 Å². The molecule has 1 saturated carbocycles. The maximum atomic E-state index is 15.7. The van der Waals surface area contributed by atoms with Crippen LogP contribution in [0.3, 0.4) is 0 Å². The van der Waals surface area contributed by atoms with Gasteiger partial charge in [-0.15, -0.1) is 0 Å². The van der Waals surface area contributed by atoms with Crippen LogP contribution in [-0.4, -0.2) is 79.6 Å². The topological polar surface area (TPSA) is 142 Å². The molecule has 2 aromatic heterocycles. The van der Waals surface area contributed by atoms with Gasteiger partial charge in [-0.3, -0.25) is 9.59 Å². The molecule has 3 amide bonds. The predicted octanol–water partition coefficient (Wildman–Crippen LogP) is 6.61. The average molecular weight is 742 g/mol. The van der Waals surface area contributed by atoms with Gasteiger partial charge in [-0.2, -0.15) is 0 Å². The standard InChI is InChI=1S/C38H56FN5O7Si/c1-26-24-44(25-49-20-21-52(6,7)8)33-32(26)31(14-17-40-33)50-30-13-12-27(22-28(30)39)23-29(42-36(47)51-37(2,3)4)34(45)43-38(15-10-9-11-16-38)35(46)41-18-19-48-5/h12-14,17,22,24,29H,9-11,15-16,18-21,23,25H2,1-8H3,(H,41,46)(H,42,47)(H,43,45)/t29-/m0/s1. The van der Waals surface area contributed by atoms with Gasteiger partial charge < -0.3 is 39.5 Å². The van der Waals surface area contributed by atoms with Crippen LogP contribution < -0.4 is 20.7 Å². The molecule has 14 heteroatoms. The summed E-state index contributed by atoms with van der Waals surface area (Å²) < 4.78 is 40.2. The lowest BCUT2D eigenvalue weighted by atomic mass is 9.80. The van der Waals surface area contributed by atoms with E-state index in [4.69, 9.17) is 18.9 Å². The van der Waals surface area contributed by atoms with Crippen LogP contribution in [0.15, 0.2) is 36.7 Å². The van der Waals surface area contributed by atoms with Gasteiger partial charge in [0.15, 0.2) is 11.6 Å². The van der Waals surface area contributed by atoms with Crippen molar-refractivity contribution in [3.63, 3.8) is 0 Å². The molecule has 1 aliphatic rings. The van der Waals surface area contributed by atoms with E-state index in [1.165, 1.54) is 12.1 Å². The van der Waals surface area contributed by atoms with Gasteiger partial charge in [0, 0.05) is 47.1 Å². The lowest BCUT2D eigenvalue weighted by molar-refractivity contribution is -0.136. The number of aryl methyl sites for hydroxylation is 1. The highest BCUT2D eigenvalue weighted by atomic mass is 28.3. The highest BCUT2D eigenvalue weighted by Gasteiger charge is 2.42. The second-order valence-corrected chi connectivity index (χ2v) is 21.4. The van der Waals surface area contributed by atoms with Crippen molar-refractivity contribution in [3.05, 3.63) is 53.6 Å². The Labute approximate surface area is 307 Å². The number of ether oxygens (including phenoxy) is 4. The first kappa shape index (κ1) is 40.8. The molecule has 1 atom stereocenters. The third-order valence-corrected chi connectivity index (χ3v) is 10.6. The van der Waals surface area contributed by atoms with Crippen LogP contribution in [0.2, 0.25) is 25.7 Å². The number of rotatable bonds is 16. The molecule has 0 radical (unpaired) electrons. The molecule has 0 bridgehead atoms. The molecule has 4 rings (SSSR count). The zero-order chi connectivity index (χ0) is 38.1. The summed E-state index contributed by atoms with van der Waals surface area (Å²) in [6, 6.07) is 6.00. The van der Waals surface area contributed by atoms with Crippen molar-refractivity contribution in [2.45, 2.75) is 116 Å². The SMILES string of the molecule is COCCNC(=O)C1(NC(=O)[C@H](Cc2ccc(Oc3ccnc4c3c(C)cn4COCC[Si](C)(C)C)c(F)c2)NC(=O)OC(C)(C)C)CCCCC1. The van der Waals surface area contributed by atoms with Crippen molar-refractivity contribution in [2.24, 2.45) is 0 Å². The van der Waals surface area contributed by atoms with Gasteiger partial charge >= 0.3 is 6.09 Å². The number of nitrogens with one attached hydrogen (secondary N) is 3. The van der Waals surface area contributed by atoms with E-state index in [1.54, 1.807) is 46.2 Å². The van der Waals surface area contributed by atoms with Gasteiger partial charge in [-0.05, 0) is 75.9 Å². The number of fused-ring (bicyclic) bond motifs is 1. The number of alkyl carbamates (subject to hydrolysis) is 1. The van der Waals surface area contributed by atoms with Crippen LogP contribution >= 0.6 is 0 Å². The van der Waals surface area contributed by atoms with Crippen LogP contribution in [0.5, 0.6) is 11.5 Å². The molecule has 286 valence electrons. The Hall–Kier alpha value is -4.01. The highest BCUT2D eigenvalue weighted by Crippen LogP contribution is 2.34. The minimum atomic E-state index is -1.23. The summed E-state index contributed by atoms with van der Waals surface area (Å²) >= 11 is 0. The molecule has 0 spiro atoms. The van der Waals surface area contributed by atoms with E-state index in [2.05, 4.69) is 40.6 Å². The van der Waals surface area contributed by atoms with Gasteiger partial charge in [0.2, 0.25) is 11.8 Å². The quantitative estimate of drug-likeness (QED) is 0.110. The Morgan fingerprint density at radius 1 is 1.06 bits per heavy atom. The molecular formula is C38H56FN5O7Si. The zero-order valence-corrected chi connectivity index (χ0v) is 32.9. The summed E-state index contributed by atoms with van der Waals surface area (Å²) in [5.41, 5.74) is 0.0493. The van der Waals surface area contributed by atoms with Gasteiger partial charge in [0.25, 0.3) is 0 Å². The number of halogens is 1. The van der Waals surface area contributed by atoms with Crippen molar-refractivity contribution < 1.29 is 37.7 Å². The first-order valence-electron chi connectivity index (χ1n) is 18.1. The second-order valence-electron chi connectivity index (χ2n) is 15.8. The molecule has 3 N–H and O–H groups in total. The molecule has 1 aromatic carbocycles. The minimum Gasteiger partial charge on any atom is -0.453 e. The fourth-order valence-electron chi connectivity index (χ4n) is 6.20. The molecule has 0 unspecified atom stereocenters. The summed E-state index contributed by atoms with van der Waals surface area (Å²) in [4.78, 5) is 44.7. The first-order valence-corrected chi connectivity index (χ1v) is 21.8. The number of benzene rings is 1. The number of carbonyl (C=O) groups is 3. The molecule has 52 heavy (non-hydrogen) atoms. The van der Waals surface area contributed by atoms with Crippen LogP contribution in [0.25, 0.3) is 11.0 Å². The van der Waals surface area contributed by atoms with Crippen molar-refractivity contribution in [3.8, 4) is 11.5 Å². The number of hydrogen-bond donors (Lipinski definition) is 3. The van der Waals surface area contributed by atoms with Crippen LogP contribution in [-0.2, 0) is 37.0 Å². The first-order chi connectivity index (χ1) is 24.5. The van der Waals surface area contributed by atoms with E-state index < -0.39 is 43.1 Å². The molecule has 1 aliphatic carbocycles. The van der Waals surface area contributed by atoms with E-state index in [9.17, 15) is 14.4 Å². The smallest absolute Gasteiger partial charge is 0.408 e. The fourth-order valence-corrected chi connectivity index (χ4v) is 6.95. The Bertz CT molecular complexity index is 1700. The van der Waals surface area contributed by atoms with Crippen molar-refractivity contribution in [1.82, 2.24) is 25.5 Å². The largest absolute Gasteiger partial charge is 0.453 e. The maximum absolute atomic E-state index is 15.7. The number of hydrogen-bond acceptors (Lipinski definition) is 8. The molecule has 2 heterocycles. The third kappa shape index (κ3) is 11.5. The Morgan fingerprint density at radius 3 is 2.44 bits per heavy atom. The Kier molecular flexibility index (Phi) is 13.8. The predicted molar refractivity (Wildman–Crippen MR) is 201 cm³/mol. The lowest BCUT2D eigenvalue weighted by Gasteiger charge is -2.37. The number of methoxy groups -OCH3 is 1. The average Bonchev–Trinajstić information content (AvgIpc) is 3.39. The molecule has 12 nitrogen and oxygen atoms in total. The lowest BCUT2D eigenvalue weighted by Crippen LogP contribution is -2.63. The molecule has 3 aromatic rings. The van der Waals surface area contributed by atoms with E-state index >= 15 is 4.39 Å². The Balaban J connectivity index is 1.53. The van der Waals surface area contributed by atoms with Crippen molar-refractivity contribution in [1.29, 1.82) is 0 Å². The van der Waals surface area contributed by atoms with Crippen LogP contribution in [0, 0.1) is 12.7 Å². The fraction of sp³-hybridized carbons (Fsp3) is 0.579. The second kappa shape index (κ2) is 17.7. The molecule has 0 saturated heterocycles. The maximum Gasteiger partial charge on any atom is 0.408 e. The monoisotopic (exact) mass is 741 g/mol. The van der Waals surface area contributed by atoms with Gasteiger partial charge in [0.1, 0.15) is 35.3 Å². The summed E-state index contributed by atoms with van der Waals surface area (Å²) in [6.07, 6.45) is 6.06. The normalized spacial score (nSPS) is 15.2. The third-order valence-electron chi connectivity index (χ3n) is 8.89. The van der Waals surface area contributed by atoms with E-state index in [0.717, 1.165) is 36.3 Å². The zero-order valence-electron chi connectivity index (χ0n) is 31.9. The van der Waals surface area contributed by atoms with Gasteiger partial charge in [-0.25, -0.2) is 14.2 Å².